The average molecular weight is 208 g/mol. The maximum Gasteiger partial charge on any atom is 0.272 e. The van der Waals surface area contributed by atoms with E-state index >= 15 is 0 Å². The normalized spacial score (nSPS) is 10.5. The molecule has 1 N–H and O–H groups in total. The molecule has 0 saturated heterocycles. The minimum Gasteiger partial charge on any atom is -0.383 e. The van der Waals surface area contributed by atoms with Gasteiger partial charge in [-0.2, -0.15) is 0 Å². The number of nitrogens with zero attached hydrogens (tertiary/aromatic N) is 1. The standard InChI is InChI=1S/C11H16N2O2/c1-7(2)12-10-5-9(4)11(13(14)15)6-8(10)3/h5-7,12H,1-4H3. The zero-order valence-electron chi connectivity index (χ0n) is 9.50. The van der Waals surface area contributed by atoms with Crippen LogP contribution in [0.5, 0.6) is 0 Å². The topological polar surface area (TPSA) is 55.2 Å². The second-order valence-electron chi connectivity index (χ2n) is 4.01. The molecule has 1 rings (SSSR count). The van der Waals surface area contributed by atoms with E-state index in [9.17, 15) is 10.1 Å². The van der Waals surface area contributed by atoms with Crippen LogP contribution in [0.25, 0.3) is 0 Å². The van der Waals surface area contributed by atoms with E-state index in [1.165, 1.54) is 0 Å². The molecule has 0 aromatic heterocycles. The Morgan fingerprint density at radius 1 is 1.27 bits per heavy atom. The highest BCUT2D eigenvalue weighted by Gasteiger charge is 2.13. The number of nitro groups is 1. The van der Waals surface area contributed by atoms with Crippen molar-refractivity contribution >= 4 is 11.4 Å². The quantitative estimate of drug-likeness (QED) is 0.613. The molecular weight excluding hydrogens is 192 g/mol. The molecule has 1 aromatic carbocycles. The van der Waals surface area contributed by atoms with E-state index in [-0.39, 0.29) is 10.6 Å². The lowest BCUT2D eigenvalue weighted by Crippen LogP contribution is -2.11. The van der Waals surface area contributed by atoms with Crippen molar-refractivity contribution in [3.63, 3.8) is 0 Å². The van der Waals surface area contributed by atoms with Gasteiger partial charge in [-0.3, -0.25) is 10.1 Å². The number of hydrogen-bond donors (Lipinski definition) is 1. The second kappa shape index (κ2) is 4.29. The van der Waals surface area contributed by atoms with Crippen LogP contribution in [0.2, 0.25) is 0 Å². The molecule has 0 saturated carbocycles. The summed E-state index contributed by atoms with van der Waals surface area (Å²) in [5, 5.41) is 14.0. The van der Waals surface area contributed by atoms with Gasteiger partial charge in [0.2, 0.25) is 0 Å². The van der Waals surface area contributed by atoms with Gasteiger partial charge in [-0.05, 0) is 39.3 Å². The molecule has 0 unspecified atom stereocenters. The first-order chi connectivity index (χ1) is 6.91. The summed E-state index contributed by atoms with van der Waals surface area (Å²) in [5.41, 5.74) is 2.74. The van der Waals surface area contributed by atoms with Crippen LogP contribution in [0.1, 0.15) is 25.0 Å². The van der Waals surface area contributed by atoms with E-state index in [4.69, 9.17) is 0 Å². The minimum atomic E-state index is -0.346. The van der Waals surface area contributed by atoms with Crippen LogP contribution in [0.4, 0.5) is 11.4 Å². The molecule has 1 aromatic rings. The van der Waals surface area contributed by atoms with Gasteiger partial charge in [0.05, 0.1) is 4.92 Å². The number of hydrogen-bond acceptors (Lipinski definition) is 3. The summed E-state index contributed by atoms with van der Waals surface area (Å²) in [6, 6.07) is 3.76. The predicted octanol–water partition coefficient (Wildman–Crippen LogP) is 3.03. The maximum atomic E-state index is 10.7. The molecular formula is C11H16N2O2. The first-order valence-corrected chi connectivity index (χ1v) is 4.94. The number of nitrogens with one attached hydrogen (secondary N) is 1. The Kier molecular flexibility index (Phi) is 3.29. The molecule has 0 aliphatic heterocycles. The fourth-order valence-corrected chi connectivity index (χ4v) is 1.46. The van der Waals surface area contributed by atoms with Crippen LogP contribution in [0, 0.1) is 24.0 Å². The van der Waals surface area contributed by atoms with Crippen molar-refractivity contribution in [3.05, 3.63) is 33.4 Å². The Morgan fingerprint density at radius 2 is 1.87 bits per heavy atom. The molecule has 0 amide bonds. The van der Waals surface area contributed by atoms with E-state index in [1.54, 1.807) is 13.0 Å². The SMILES string of the molecule is Cc1cc([N+](=O)[O-])c(C)cc1NC(C)C. The van der Waals surface area contributed by atoms with Crippen LogP contribution >= 0.6 is 0 Å². The third-order valence-corrected chi connectivity index (χ3v) is 2.18. The van der Waals surface area contributed by atoms with Gasteiger partial charge < -0.3 is 5.32 Å². The van der Waals surface area contributed by atoms with E-state index in [0.29, 0.717) is 11.6 Å². The number of aryl methyl sites for hydroxylation is 2. The summed E-state index contributed by atoms with van der Waals surface area (Å²) in [6.07, 6.45) is 0. The third kappa shape index (κ3) is 2.68. The summed E-state index contributed by atoms with van der Waals surface area (Å²) in [5.74, 6) is 0. The van der Waals surface area contributed by atoms with Gasteiger partial charge in [0.15, 0.2) is 0 Å². The molecule has 0 aliphatic carbocycles. The van der Waals surface area contributed by atoms with E-state index in [0.717, 1.165) is 11.3 Å². The molecule has 4 nitrogen and oxygen atoms in total. The fraction of sp³-hybridized carbons (Fsp3) is 0.455. The zero-order valence-corrected chi connectivity index (χ0v) is 9.50. The third-order valence-electron chi connectivity index (χ3n) is 2.18. The van der Waals surface area contributed by atoms with Crippen molar-refractivity contribution in [2.45, 2.75) is 33.7 Å². The van der Waals surface area contributed by atoms with Gasteiger partial charge in [0.1, 0.15) is 0 Å². The lowest BCUT2D eigenvalue weighted by atomic mass is 10.1. The first-order valence-electron chi connectivity index (χ1n) is 4.94. The monoisotopic (exact) mass is 208 g/mol. The second-order valence-corrected chi connectivity index (χ2v) is 4.01. The van der Waals surface area contributed by atoms with Crippen LogP contribution in [0.15, 0.2) is 12.1 Å². The van der Waals surface area contributed by atoms with Crippen LogP contribution < -0.4 is 5.32 Å². The molecule has 4 heteroatoms. The molecule has 0 bridgehead atoms. The predicted molar refractivity (Wildman–Crippen MR) is 61.3 cm³/mol. The Bertz CT molecular complexity index is 386. The Balaban J connectivity index is 3.13. The molecule has 0 atom stereocenters. The largest absolute Gasteiger partial charge is 0.383 e. The van der Waals surface area contributed by atoms with Crippen molar-refractivity contribution in [3.8, 4) is 0 Å². The van der Waals surface area contributed by atoms with Gasteiger partial charge >= 0.3 is 0 Å². The zero-order chi connectivity index (χ0) is 11.6. The van der Waals surface area contributed by atoms with Crippen LogP contribution in [0.3, 0.4) is 0 Å². The van der Waals surface area contributed by atoms with Crippen molar-refractivity contribution < 1.29 is 4.92 Å². The summed E-state index contributed by atoms with van der Waals surface area (Å²) >= 11 is 0. The Hall–Kier alpha value is -1.58. The number of benzene rings is 1. The van der Waals surface area contributed by atoms with E-state index < -0.39 is 0 Å². The van der Waals surface area contributed by atoms with Gasteiger partial charge in [-0.15, -0.1) is 0 Å². The van der Waals surface area contributed by atoms with Gasteiger partial charge in [-0.1, -0.05) is 0 Å². The van der Waals surface area contributed by atoms with Crippen molar-refractivity contribution in [2.75, 3.05) is 5.32 Å². The molecule has 15 heavy (non-hydrogen) atoms. The number of rotatable bonds is 3. The molecule has 0 fully saturated rings. The molecule has 0 radical (unpaired) electrons. The van der Waals surface area contributed by atoms with Crippen LogP contribution in [-0.2, 0) is 0 Å². The highest BCUT2D eigenvalue weighted by atomic mass is 16.6. The van der Waals surface area contributed by atoms with E-state index in [2.05, 4.69) is 5.32 Å². The maximum absolute atomic E-state index is 10.7. The minimum absolute atomic E-state index is 0.182. The highest BCUT2D eigenvalue weighted by molar-refractivity contribution is 5.59. The van der Waals surface area contributed by atoms with Crippen molar-refractivity contribution in [2.24, 2.45) is 0 Å². The molecule has 0 heterocycles. The summed E-state index contributed by atoms with van der Waals surface area (Å²) in [7, 11) is 0. The van der Waals surface area contributed by atoms with Gasteiger partial charge in [-0.25, -0.2) is 0 Å². The Morgan fingerprint density at radius 3 is 2.33 bits per heavy atom. The fourth-order valence-electron chi connectivity index (χ4n) is 1.46. The van der Waals surface area contributed by atoms with Gasteiger partial charge in [0, 0.05) is 23.4 Å². The lowest BCUT2D eigenvalue weighted by Gasteiger charge is -2.13. The smallest absolute Gasteiger partial charge is 0.272 e. The summed E-state index contributed by atoms with van der Waals surface area (Å²) < 4.78 is 0. The lowest BCUT2D eigenvalue weighted by molar-refractivity contribution is -0.385. The summed E-state index contributed by atoms with van der Waals surface area (Å²) in [4.78, 5) is 10.3. The van der Waals surface area contributed by atoms with Crippen LogP contribution in [-0.4, -0.2) is 11.0 Å². The van der Waals surface area contributed by atoms with Gasteiger partial charge in [0.25, 0.3) is 5.69 Å². The average Bonchev–Trinajstić information content (AvgIpc) is 2.09. The first kappa shape index (κ1) is 11.5. The molecule has 0 aliphatic rings. The van der Waals surface area contributed by atoms with Crippen molar-refractivity contribution in [1.29, 1.82) is 0 Å². The van der Waals surface area contributed by atoms with E-state index in [1.807, 2.05) is 26.8 Å². The van der Waals surface area contributed by atoms with Crippen molar-refractivity contribution in [1.82, 2.24) is 0 Å². The highest BCUT2D eigenvalue weighted by Crippen LogP contribution is 2.26. The molecule has 0 spiro atoms. The number of nitro benzene ring substituents is 1. The molecule has 82 valence electrons. The number of anilines is 1. The summed E-state index contributed by atoms with van der Waals surface area (Å²) in [6.45, 7) is 7.70. The Labute approximate surface area is 89.5 Å².